The van der Waals surface area contributed by atoms with E-state index in [1.54, 1.807) is 0 Å². The van der Waals surface area contributed by atoms with Gasteiger partial charge in [-0.2, -0.15) is 0 Å². The van der Waals surface area contributed by atoms with E-state index in [2.05, 4.69) is 0 Å². The van der Waals surface area contributed by atoms with E-state index in [4.69, 9.17) is 14.6 Å². The fourth-order valence-corrected chi connectivity index (χ4v) is 2.34. The van der Waals surface area contributed by atoms with Gasteiger partial charge in [-0.15, -0.1) is 0 Å². The Hall–Kier alpha value is -1.06. The average Bonchev–Trinajstić information content (AvgIpc) is 2.90. The summed E-state index contributed by atoms with van der Waals surface area (Å²) in [6.07, 6.45) is 5.61. The van der Waals surface area contributed by atoms with Crippen LogP contribution in [0.15, 0.2) is 24.3 Å². The summed E-state index contributed by atoms with van der Waals surface area (Å²) in [6.45, 7) is 1.81. The molecule has 2 rings (SSSR count). The molecule has 100 valence electrons. The fraction of sp³-hybridized carbons (Fsp3) is 0.600. The van der Waals surface area contributed by atoms with Gasteiger partial charge in [0.1, 0.15) is 5.75 Å². The second kappa shape index (κ2) is 7.39. The van der Waals surface area contributed by atoms with E-state index in [-0.39, 0.29) is 6.61 Å². The summed E-state index contributed by atoms with van der Waals surface area (Å²) in [6, 6.07) is 7.92. The van der Waals surface area contributed by atoms with E-state index in [0.29, 0.717) is 12.5 Å². The molecule has 18 heavy (non-hydrogen) atoms. The highest BCUT2D eigenvalue weighted by Gasteiger charge is 2.14. The van der Waals surface area contributed by atoms with E-state index in [9.17, 15) is 0 Å². The number of hydrogen-bond acceptors (Lipinski definition) is 3. The minimum absolute atomic E-state index is 0.163. The maximum Gasteiger partial charge on any atom is 0.122 e. The standard InChI is InChI=1S/C15H22O3/c16-10-9-13-5-1-2-8-15(13)18-12-4-7-14-6-3-11-17-14/h1-2,5,8,14,16H,3-4,6-7,9-12H2. The first-order valence-corrected chi connectivity index (χ1v) is 6.83. The molecular weight excluding hydrogens is 228 g/mol. The van der Waals surface area contributed by atoms with Crippen molar-refractivity contribution in [3.05, 3.63) is 29.8 Å². The van der Waals surface area contributed by atoms with Crippen LogP contribution < -0.4 is 4.74 Å². The van der Waals surface area contributed by atoms with Gasteiger partial charge in [0, 0.05) is 13.2 Å². The third-order valence-electron chi connectivity index (χ3n) is 3.31. The molecule has 0 aromatic heterocycles. The lowest BCUT2D eigenvalue weighted by atomic mass is 10.1. The summed E-state index contributed by atoms with van der Waals surface area (Å²) in [5, 5.41) is 8.99. The molecule has 1 aliphatic heterocycles. The van der Waals surface area contributed by atoms with Crippen LogP contribution in [0.4, 0.5) is 0 Å². The molecule has 1 aromatic rings. The first kappa shape index (κ1) is 13.4. The monoisotopic (exact) mass is 250 g/mol. The van der Waals surface area contributed by atoms with Crippen molar-refractivity contribution in [1.82, 2.24) is 0 Å². The van der Waals surface area contributed by atoms with Crippen LogP contribution in [0.25, 0.3) is 0 Å². The molecule has 0 bridgehead atoms. The Balaban J connectivity index is 1.72. The van der Waals surface area contributed by atoms with Gasteiger partial charge in [0.25, 0.3) is 0 Å². The molecule has 1 aromatic carbocycles. The van der Waals surface area contributed by atoms with E-state index >= 15 is 0 Å². The summed E-state index contributed by atoms with van der Waals surface area (Å²) in [7, 11) is 0. The number of ether oxygens (including phenoxy) is 2. The SMILES string of the molecule is OCCc1ccccc1OCCCC1CCCO1. The molecule has 0 saturated carbocycles. The van der Waals surface area contributed by atoms with Crippen LogP contribution in [-0.2, 0) is 11.2 Å². The van der Waals surface area contributed by atoms with Crippen LogP contribution in [0.2, 0.25) is 0 Å². The smallest absolute Gasteiger partial charge is 0.122 e. The molecule has 1 heterocycles. The largest absolute Gasteiger partial charge is 0.493 e. The maximum atomic E-state index is 8.99. The molecule has 1 atom stereocenters. The third-order valence-corrected chi connectivity index (χ3v) is 3.31. The first-order chi connectivity index (χ1) is 8.90. The number of rotatable bonds is 7. The molecule has 1 aliphatic rings. The Labute approximate surface area is 109 Å². The van der Waals surface area contributed by atoms with Crippen molar-refractivity contribution in [1.29, 1.82) is 0 Å². The zero-order valence-electron chi connectivity index (χ0n) is 10.8. The number of para-hydroxylation sites is 1. The van der Waals surface area contributed by atoms with Gasteiger partial charge in [-0.05, 0) is 43.7 Å². The Kier molecular flexibility index (Phi) is 5.49. The van der Waals surface area contributed by atoms with Gasteiger partial charge in [-0.1, -0.05) is 18.2 Å². The van der Waals surface area contributed by atoms with E-state index in [0.717, 1.165) is 37.4 Å². The molecule has 1 fully saturated rings. The fourth-order valence-electron chi connectivity index (χ4n) is 2.34. The Morgan fingerprint density at radius 1 is 1.33 bits per heavy atom. The summed E-state index contributed by atoms with van der Waals surface area (Å²) >= 11 is 0. The van der Waals surface area contributed by atoms with E-state index in [1.807, 2.05) is 24.3 Å². The predicted molar refractivity (Wildman–Crippen MR) is 70.9 cm³/mol. The van der Waals surface area contributed by atoms with Crippen LogP contribution in [0.3, 0.4) is 0 Å². The van der Waals surface area contributed by atoms with Gasteiger partial charge in [-0.3, -0.25) is 0 Å². The average molecular weight is 250 g/mol. The molecule has 0 radical (unpaired) electrons. The quantitative estimate of drug-likeness (QED) is 0.756. The van der Waals surface area contributed by atoms with Crippen molar-refractivity contribution in [2.75, 3.05) is 19.8 Å². The number of aliphatic hydroxyl groups excluding tert-OH is 1. The Bertz CT molecular complexity index is 345. The Morgan fingerprint density at radius 3 is 3.00 bits per heavy atom. The topological polar surface area (TPSA) is 38.7 Å². The molecule has 3 heteroatoms. The highest BCUT2D eigenvalue weighted by atomic mass is 16.5. The van der Waals surface area contributed by atoms with E-state index in [1.165, 1.54) is 12.8 Å². The minimum atomic E-state index is 0.163. The van der Waals surface area contributed by atoms with Crippen molar-refractivity contribution in [2.45, 2.75) is 38.2 Å². The first-order valence-electron chi connectivity index (χ1n) is 6.83. The van der Waals surface area contributed by atoms with E-state index < -0.39 is 0 Å². The molecule has 1 saturated heterocycles. The van der Waals surface area contributed by atoms with Gasteiger partial charge < -0.3 is 14.6 Å². The normalized spacial score (nSPS) is 19.1. The number of benzene rings is 1. The highest BCUT2D eigenvalue weighted by molar-refractivity contribution is 5.33. The van der Waals surface area contributed by atoms with Gasteiger partial charge in [0.05, 0.1) is 12.7 Å². The van der Waals surface area contributed by atoms with Crippen LogP contribution in [0, 0.1) is 0 Å². The van der Waals surface area contributed by atoms with Crippen LogP contribution in [-0.4, -0.2) is 31.0 Å². The van der Waals surface area contributed by atoms with Crippen LogP contribution in [0.5, 0.6) is 5.75 Å². The van der Waals surface area contributed by atoms with Gasteiger partial charge in [0.2, 0.25) is 0 Å². The van der Waals surface area contributed by atoms with Crippen LogP contribution >= 0.6 is 0 Å². The van der Waals surface area contributed by atoms with Crippen molar-refractivity contribution in [2.24, 2.45) is 0 Å². The summed E-state index contributed by atoms with van der Waals surface area (Å²) in [5.41, 5.74) is 1.08. The lowest BCUT2D eigenvalue weighted by Crippen LogP contribution is -2.08. The van der Waals surface area contributed by atoms with Gasteiger partial charge in [-0.25, -0.2) is 0 Å². The molecule has 1 N–H and O–H groups in total. The predicted octanol–water partition coefficient (Wildman–Crippen LogP) is 2.56. The molecule has 0 spiro atoms. The number of aliphatic hydroxyl groups is 1. The maximum absolute atomic E-state index is 8.99. The van der Waals surface area contributed by atoms with Crippen molar-refractivity contribution in [3.8, 4) is 5.75 Å². The lowest BCUT2D eigenvalue weighted by molar-refractivity contribution is 0.0981. The zero-order valence-corrected chi connectivity index (χ0v) is 10.8. The molecule has 0 amide bonds. The summed E-state index contributed by atoms with van der Waals surface area (Å²) in [5.74, 6) is 0.902. The minimum Gasteiger partial charge on any atom is -0.493 e. The molecule has 0 aliphatic carbocycles. The number of hydrogen-bond donors (Lipinski definition) is 1. The lowest BCUT2D eigenvalue weighted by Gasteiger charge is -2.12. The highest BCUT2D eigenvalue weighted by Crippen LogP contribution is 2.20. The van der Waals surface area contributed by atoms with Crippen LogP contribution in [0.1, 0.15) is 31.2 Å². The van der Waals surface area contributed by atoms with Gasteiger partial charge in [0.15, 0.2) is 0 Å². The van der Waals surface area contributed by atoms with Crippen molar-refractivity contribution in [3.63, 3.8) is 0 Å². The second-order valence-corrected chi connectivity index (χ2v) is 4.71. The second-order valence-electron chi connectivity index (χ2n) is 4.71. The molecular formula is C15H22O3. The van der Waals surface area contributed by atoms with Gasteiger partial charge >= 0.3 is 0 Å². The van der Waals surface area contributed by atoms with Crippen molar-refractivity contribution < 1.29 is 14.6 Å². The Morgan fingerprint density at radius 2 is 2.22 bits per heavy atom. The van der Waals surface area contributed by atoms with Crippen molar-refractivity contribution >= 4 is 0 Å². The molecule has 3 nitrogen and oxygen atoms in total. The summed E-state index contributed by atoms with van der Waals surface area (Å²) in [4.78, 5) is 0. The molecule has 1 unspecified atom stereocenters. The summed E-state index contributed by atoms with van der Waals surface area (Å²) < 4.78 is 11.4. The third kappa shape index (κ3) is 4.00. The zero-order chi connectivity index (χ0) is 12.6.